The number of amidine groups is 1. The van der Waals surface area contributed by atoms with Crippen molar-refractivity contribution in [3.63, 3.8) is 0 Å². The van der Waals surface area contributed by atoms with Crippen LogP contribution >= 0.6 is 0 Å². The van der Waals surface area contributed by atoms with Gasteiger partial charge in [0, 0.05) is 42.3 Å². The highest BCUT2D eigenvalue weighted by molar-refractivity contribution is 6.07. The molecule has 0 aliphatic carbocycles. The number of methoxy groups -OCH3 is 1. The molecule has 0 saturated carbocycles. The van der Waals surface area contributed by atoms with Gasteiger partial charge in [0.1, 0.15) is 24.1 Å². The largest absolute Gasteiger partial charge is 0.469 e. The van der Waals surface area contributed by atoms with Gasteiger partial charge in [0.2, 0.25) is 0 Å². The van der Waals surface area contributed by atoms with Crippen molar-refractivity contribution in [3.05, 3.63) is 114 Å². The summed E-state index contributed by atoms with van der Waals surface area (Å²) in [6.45, 7) is 2.69. The highest BCUT2D eigenvalue weighted by Gasteiger charge is 2.21. The molecule has 2 heterocycles. The van der Waals surface area contributed by atoms with Crippen LogP contribution in [0.25, 0.3) is 11.0 Å². The third-order valence-corrected chi connectivity index (χ3v) is 8.00. The molecule has 3 aromatic carbocycles. The zero-order chi connectivity index (χ0) is 37.7. The van der Waals surface area contributed by atoms with E-state index in [0.717, 1.165) is 23.4 Å². The van der Waals surface area contributed by atoms with Crippen LogP contribution in [0, 0.1) is 0 Å². The maximum Gasteiger partial charge on any atom is 0.435 e. The van der Waals surface area contributed by atoms with E-state index in [0.29, 0.717) is 46.9 Å². The van der Waals surface area contributed by atoms with E-state index in [1.165, 1.54) is 12.0 Å². The third-order valence-electron chi connectivity index (χ3n) is 8.00. The first-order valence-corrected chi connectivity index (χ1v) is 16.8. The number of carbonyl (C=O) groups is 4. The number of amides is 3. The predicted molar refractivity (Wildman–Crippen MR) is 200 cm³/mol. The number of nitrogens with one attached hydrogen (secondary N) is 2. The molecule has 0 spiro atoms. The number of nitrogens with two attached hydrogens (primary N) is 1. The maximum atomic E-state index is 13.6. The van der Waals surface area contributed by atoms with Crippen LogP contribution in [0.15, 0.2) is 96.1 Å². The molecule has 5 rings (SSSR count). The average molecular weight is 721 g/mol. The Morgan fingerprint density at radius 3 is 2.36 bits per heavy atom. The molecule has 274 valence electrons. The fourth-order valence-electron chi connectivity index (χ4n) is 5.15. The SMILES string of the molecule is CCCOC(=O)Nc1ccc(COC(=O)/N=C(\N)c2ccc(NCc3nc4cc(C(=O)N(CCC(=O)OC)c5ccccn5)ccc4n3C)cc2)cc1. The monoisotopic (exact) mass is 720 g/mol. The number of esters is 1. The summed E-state index contributed by atoms with van der Waals surface area (Å²) in [7, 11) is 3.20. The Morgan fingerprint density at radius 1 is 0.925 bits per heavy atom. The van der Waals surface area contributed by atoms with Crippen LogP contribution in [0.4, 0.5) is 26.8 Å². The number of carbonyl (C=O) groups excluding carboxylic acids is 4. The first-order chi connectivity index (χ1) is 25.6. The van der Waals surface area contributed by atoms with Crippen molar-refractivity contribution >= 4 is 58.1 Å². The van der Waals surface area contributed by atoms with Gasteiger partial charge < -0.3 is 29.8 Å². The molecule has 5 aromatic rings. The van der Waals surface area contributed by atoms with E-state index in [4.69, 9.17) is 24.9 Å². The summed E-state index contributed by atoms with van der Waals surface area (Å²) in [4.78, 5) is 63.8. The molecular weight excluding hydrogens is 680 g/mol. The summed E-state index contributed by atoms with van der Waals surface area (Å²) in [5.41, 5.74) is 10.5. The second-order valence-corrected chi connectivity index (χ2v) is 11.7. The summed E-state index contributed by atoms with van der Waals surface area (Å²) in [6.07, 6.45) is 0.956. The second-order valence-electron chi connectivity index (χ2n) is 11.7. The van der Waals surface area contributed by atoms with Crippen LogP contribution in [0.2, 0.25) is 0 Å². The number of aromatic nitrogens is 3. The molecule has 15 nitrogen and oxygen atoms in total. The number of fused-ring (bicyclic) bond motifs is 1. The Morgan fingerprint density at radius 2 is 1.66 bits per heavy atom. The summed E-state index contributed by atoms with van der Waals surface area (Å²) in [6, 6.07) is 24.3. The fourth-order valence-corrected chi connectivity index (χ4v) is 5.15. The number of ether oxygens (including phenoxy) is 3. The van der Waals surface area contributed by atoms with Gasteiger partial charge >= 0.3 is 18.2 Å². The normalized spacial score (nSPS) is 11.1. The number of nitrogens with zero attached hydrogens (tertiary/aromatic N) is 5. The van der Waals surface area contributed by atoms with Crippen LogP contribution in [0.5, 0.6) is 0 Å². The van der Waals surface area contributed by atoms with Crippen LogP contribution in [-0.2, 0) is 39.2 Å². The highest BCUT2D eigenvalue weighted by Crippen LogP contribution is 2.22. The lowest BCUT2D eigenvalue weighted by Crippen LogP contribution is -2.33. The van der Waals surface area contributed by atoms with Crippen LogP contribution in [0.3, 0.4) is 0 Å². The van der Waals surface area contributed by atoms with E-state index < -0.39 is 18.2 Å². The first kappa shape index (κ1) is 37.5. The second kappa shape index (κ2) is 17.9. The van der Waals surface area contributed by atoms with E-state index in [9.17, 15) is 19.2 Å². The number of rotatable bonds is 14. The summed E-state index contributed by atoms with van der Waals surface area (Å²) >= 11 is 0. The smallest absolute Gasteiger partial charge is 0.435 e. The zero-order valence-corrected chi connectivity index (χ0v) is 29.6. The zero-order valence-electron chi connectivity index (χ0n) is 29.6. The third kappa shape index (κ3) is 10.2. The number of aliphatic imine (C=N–C) groups is 1. The number of benzene rings is 3. The molecule has 3 amide bonds. The Hall–Kier alpha value is -6.77. The molecule has 0 aliphatic rings. The first-order valence-electron chi connectivity index (χ1n) is 16.8. The molecule has 0 fully saturated rings. The van der Waals surface area contributed by atoms with Gasteiger partial charge in [-0.1, -0.05) is 25.1 Å². The lowest BCUT2D eigenvalue weighted by atomic mass is 10.1. The summed E-state index contributed by atoms with van der Waals surface area (Å²) in [5.74, 6) is 0.403. The fraction of sp³-hybridized carbons (Fsp3) is 0.237. The lowest BCUT2D eigenvalue weighted by Gasteiger charge is -2.21. The van der Waals surface area contributed by atoms with Crippen molar-refractivity contribution in [1.82, 2.24) is 14.5 Å². The van der Waals surface area contributed by atoms with Gasteiger partial charge in [-0.05, 0) is 78.7 Å². The molecule has 15 heteroatoms. The number of pyridine rings is 1. The standard InChI is InChI=1S/C38H40N8O7/c1-4-21-52-37(49)42-29-13-8-25(9-14-29)24-53-38(50)44-35(39)26-10-15-28(16-11-26)41-23-33-43-30-22-27(12-17-31(30)45(33)2)36(48)46(20-18-34(47)51-3)32-7-5-6-19-40-32/h5-17,19,22,41H,4,18,20-21,23-24H2,1-3H3,(H,42,49)(H2,39,44,50). The predicted octanol–water partition coefficient (Wildman–Crippen LogP) is 5.79. The molecule has 53 heavy (non-hydrogen) atoms. The molecule has 0 atom stereocenters. The summed E-state index contributed by atoms with van der Waals surface area (Å²) in [5, 5.41) is 5.95. The van der Waals surface area contributed by atoms with Crippen molar-refractivity contribution in [3.8, 4) is 0 Å². The topological polar surface area (TPSA) is 192 Å². The van der Waals surface area contributed by atoms with Crippen LogP contribution in [-0.4, -0.2) is 64.7 Å². The van der Waals surface area contributed by atoms with E-state index in [-0.39, 0.29) is 31.3 Å². The number of anilines is 3. The van der Waals surface area contributed by atoms with Gasteiger partial charge in [-0.2, -0.15) is 4.99 Å². The highest BCUT2D eigenvalue weighted by atomic mass is 16.6. The van der Waals surface area contributed by atoms with Gasteiger partial charge in [-0.15, -0.1) is 0 Å². The Bertz CT molecular complexity index is 2080. The number of hydrogen-bond acceptors (Lipinski definition) is 10. The number of hydrogen-bond donors (Lipinski definition) is 3. The lowest BCUT2D eigenvalue weighted by molar-refractivity contribution is -0.140. The van der Waals surface area contributed by atoms with E-state index in [1.807, 2.05) is 24.6 Å². The molecular formula is C38H40N8O7. The number of imidazole rings is 1. The average Bonchev–Trinajstić information content (AvgIpc) is 3.50. The quantitative estimate of drug-likeness (QED) is 0.0544. The molecule has 2 aromatic heterocycles. The van der Waals surface area contributed by atoms with Crippen molar-refractivity contribution < 1.29 is 33.4 Å². The van der Waals surface area contributed by atoms with Crippen molar-refractivity contribution in [1.29, 1.82) is 0 Å². The summed E-state index contributed by atoms with van der Waals surface area (Å²) < 4.78 is 16.9. The van der Waals surface area contributed by atoms with Crippen molar-refractivity contribution in [2.45, 2.75) is 32.9 Å². The van der Waals surface area contributed by atoms with Gasteiger partial charge in [0.25, 0.3) is 5.91 Å². The molecule has 0 saturated heterocycles. The van der Waals surface area contributed by atoms with Crippen molar-refractivity contribution in [2.75, 3.05) is 35.8 Å². The Kier molecular flexibility index (Phi) is 12.7. The minimum absolute atomic E-state index is 0.000649. The molecule has 4 N–H and O–H groups in total. The Labute approximate surface area is 305 Å². The van der Waals surface area contributed by atoms with Gasteiger partial charge in [-0.25, -0.2) is 19.6 Å². The van der Waals surface area contributed by atoms with Crippen LogP contribution in [0.1, 0.15) is 47.1 Å². The van der Waals surface area contributed by atoms with Gasteiger partial charge in [-0.3, -0.25) is 19.8 Å². The molecule has 0 unspecified atom stereocenters. The minimum Gasteiger partial charge on any atom is -0.469 e. The minimum atomic E-state index is -0.840. The molecule has 0 radical (unpaired) electrons. The number of aryl methyl sites for hydroxylation is 1. The maximum absolute atomic E-state index is 13.6. The van der Waals surface area contributed by atoms with Gasteiger partial charge in [0.15, 0.2) is 0 Å². The van der Waals surface area contributed by atoms with Crippen LogP contribution < -0.4 is 21.3 Å². The van der Waals surface area contributed by atoms with E-state index in [2.05, 4.69) is 20.6 Å². The molecule has 0 bridgehead atoms. The van der Waals surface area contributed by atoms with E-state index in [1.54, 1.807) is 85.1 Å². The molecule has 0 aliphatic heterocycles. The Balaban J connectivity index is 1.16. The van der Waals surface area contributed by atoms with Gasteiger partial charge in [0.05, 0.1) is 37.7 Å². The van der Waals surface area contributed by atoms with E-state index >= 15 is 0 Å². The van der Waals surface area contributed by atoms with Crippen molar-refractivity contribution in [2.24, 2.45) is 17.8 Å².